The third-order valence-electron chi connectivity index (χ3n) is 3.86. The minimum atomic E-state index is -1.03. The molecule has 0 spiro atoms. The molecule has 0 saturated carbocycles. The van der Waals surface area contributed by atoms with Crippen LogP contribution in [0.4, 0.5) is 0 Å². The number of esters is 1. The first kappa shape index (κ1) is 17.5. The zero-order valence-corrected chi connectivity index (χ0v) is 14.0. The van der Waals surface area contributed by atoms with Crippen molar-refractivity contribution in [3.63, 3.8) is 0 Å². The van der Waals surface area contributed by atoms with Gasteiger partial charge in [-0.05, 0) is 37.1 Å². The lowest BCUT2D eigenvalue weighted by molar-refractivity contribution is -0.149. The van der Waals surface area contributed by atoms with Gasteiger partial charge in [-0.25, -0.2) is 9.78 Å². The maximum Gasteiger partial charge on any atom is 0.331 e. The number of nitrogens with zero attached hydrogens (tertiary/aromatic N) is 2. The zero-order valence-electron chi connectivity index (χ0n) is 14.0. The molecule has 0 unspecified atom stereocenters. The maximum absolute atomic E-state index is 12.0. The minimum Gasteiger partial charge on any atom is -0.467 e. The second-order valence-corrected chi connectivity index (χ2v) is 5.56. The molecule has 0 fully saturated rings. The van der Waals surface area contributed by atoms with Crippen LogP contribution in [0.3, 0.4) is 0 Å². The summed E-state index contributed by atoms with van der Waals surface area (Å²) in [4.78, 5) is 27.8. The van der Waals surface area contributed by atoms with E-state index in [0.29, 0.717) is 6.42 Å². The average molecular weight is 327 g/mol. The summed E-state index contributed by atoms with van der Waals surface area (Å²) in [6, 6.07) is 7.67. The van der Waals surface area contributed by atoms with Gasteiger partial charge < -0.3 is 14.6 Å². The number of aromatic nitrogens is 2. The fourth-order valence-corrected chi connectivity index (χ4v) is 2.16. The maximum atomic E-state index is 12.0. The van der Waals surface area contributed by atoms with E-state index in [9.17, 15) is 9.59 Å². The molecule has 0 aliphatic carbocycles. The van der Waals surface area contributed by atoms with Crippen molar-refractivity contribution in [1.82, 2.24) is 14.9 Å². The van der Waals surface area contributed by atoms with E-state index in [-0.39, 0.29) is 5.91 Å². The van der Waals surface area contributed by atoms with Crippen LogP contribution in [0.1, 0.15) is 25.8 Å². The van der Waals surface area contributed by atoms with Crippen molar-refractivity contribution in [3.05, 3.63) is 54.6 Å². The highest BCUT2D eigenvalue weighted by atomic mass is 16.5. The monoisotopic (exact) mass is 327 g/mol. The van der Waals surface area contributed by atoms with Crippen molar-refractivity contribution in [2.45, 2.75) is 25.8 Å². The number of rotatable bonds is 6. The SMILES string of the molecule is CC[C@@](C)(NC(=O)/C=C\c1ccc(-n2ccnc2)cc1)C(=O)OC. The normalized spacial score (nSPS) is 13.5. The number of nitrogens with one attached hydrogen (secondary N) is 1. The fraction of sp³-hybridized carbons (Fsp3) is 0.278. The quantitative estimate of drug-likeness (QED) is 0.653. The second-order valence-electron chi connectivity index (χ2n) is 5.56. The zero-order chi connectivity index (χ0) is 17.6. The summed E-state index contributed by atoms with van der Waals surface area (Å²) in [5, 5.41) is 2.69. The molecule has 6 nitrogen and oxygen atoms in total. The van der Waals surface area contributed by atoms with Crippen molar-refractivity contribution in [2.75, 3.05) is 7.11 Å². The van der Waals surface area contributed by atoms with Crippen LogP contribution in [0.2, 0.25) is 0 Å². The van der Waals surface area contributed by atoms with Gasteiger partial charge in [0.1, 0.15) is 5.54 Å². The summed E-state index contributed by atoms with van der Waals surface area (Å²) < 4.78 is 6.63. The molecule has 24 heavy (non-hydrogen) atoms. The van der Waals surface area contributed by atoms with Gasteiger partial charge in [0, 0.05) is 24.2 Å². The Hall–Kier alpha value is -2.89. The highest BCUT2D eigenvalue weighted by Gasteiger charge is 2.33. The summed E-state index contributed by atoms with van der Waals surface area (Å²) in [5.41, 5.74) is 0.838. The van der Waals surface area contributed by atoms with Gasteiger partial charge in [0.2, 0.25) is 5.91 Å². The second kappa shape index (κ2) is 7.59. The number of ether oxygens (including phenoxy) is 1. The Morgan fingerprint density at radius 3 is 2.58 bits per heavy atom. The minimum absolute atomic E-state index is 0.344. The van der Waals surface area contributed by atoms with Gasteiger partial charge in [-0.1, -0.05) is 19.1 Å². The van der Waals surface area contributed by atoms with E-state index in [1.165, 1.54) is 13.2 Å². The number of hydrogen-bond donors (Lipinski definition) is 1. The summed E-state index contributed by atoms with van der Waals surface area (Å²) in [7, 11) is 1.31. The number of carbonyl (C=O) groups excluding carboxylic acids is 2. The first-order valence-electron chi connectivity index (χ1n) is 7.65. The summed E-state index contributed by atoms with van der Waals surface area (Å²) in [6.45, 7) is 3.46. The standard InChI is InChI=1S/C18H21N3O3/c1-4-18(2,17(23)24-3)20-16(22)10-7-14-5-8-15(9-6-14)21-12-11-19-13-21/h5-13H,4H2,1-3H3,(H,20,22)/b10-7-/t18-/m1/s1. The lowest BCUT2D eigenvalue weighted by atomic mass is 9.99. The van der Waals surface area contributed by atoms with E-state index in [1.54, 1.807) is 25.5 Å². The molecule has 126 valence electrons. The first-order valence-corrected chi connectivity index (χ1v) is 7.65. The topological polar surface area (TPSA) is 73.2 Å². The third kappa shape index (κ3) is 4.10. The van der Waals surface area contributed by atoms with Gasteiger partial charge in [-0.15, -0.1) is 0 Å². The largest absolute Gasteiger partial charge is 0.467 e. The Morgan fingerprint density at radius 1 is 1.33 bits per heavy atom. The predicted octanol–water partition coefficient (Wildman–Crippen LogP) is 2.34. The smallest absolute Gasteiger partial charge is 0.331 e. The van der Waals surface area contributed by atoms with Gasteiger partial charge in [0.05, 0.1) is 13.4 Å². The van der Waals surface area contributed by atoms with Crippen LogP contribution in [0.15, 0.2) is 49.1 Å². The number of imidazole rings is 1. The molecule has 0 aliphatic rings. The Morgan fingerprint density at radius 2 is 2.04 bits per heavy atom. The highest BCUT2D eigenvalue weighted by Crippen LogP contribution is 2.13. The summed E-state index contributed by atoms with van der Waals surface area (Å²) >= 11 is 0. The average Bonchev–Trinajstić information content (AvgIpc) is 3.14. The summed E-state index contributed by atoms with van der Waals surface area (Å²) in [6.07, 6.45) is 8.83. The fourth-order valence-electron chi connectivity index (χ4n) is 2.16. The number of amides is 1. The van der Waals surface area contributed by atoms with Crippen molar-refractivity contribution >= 4 is 18.0 Å². The lowest BCUT2D eigenvalue weighted by Gasteiger charge is -2.25. The molecule has 0 aliphatic heterocycles. The molecule has 0 radical (unpaired) electrons. The Labute approximate surface area is 141 Å². The highest BCUT2D eigenvalue weighted by molar-refractivity contribution is 5.96. The number of hydrogen-bond acceptors (Lipinski definition) is 4. The van der Waals surface area contributed by atoms with Crippen LogP contribution >= 0.6 is 0 Å². The molecular formula is C18H21N3O3. The summed E-state index contributed by atoms with van der Waals surface area (Å²) in [5.74, 6) is -0.806. The van der Waals surface area contributed by atoms with Crippen molar-refractivity contribution < 1.29 is 14.3 Å². The van der Waals surface area contributed by atoms with Gasteiger partial charge in [-0.3, -0.25) is 4.79 Å². The molecule has 6 heteroatoms. The van der Waals surface area contributed by atoms with Crippen LogP contribution < -0.4 is 5.32 Å². The van der Waals surface area contributed by atoms with Crippen molar-refractivity contribution in [3.8, 4) is 5.69 Å². The third-order valence-corrected chi connectivity index (χ3v) is 3.86. The van der Waals surface area contributed by atoms with E-state index in [2.05, 4.69) is 10.3 Å². The molecular weight excluding hydrogens is 306 g/mol. The molecule has 2 rings (SSSR count). The molecule has 1 aromatic heterocycles. The number of benzene rings is 1. The molecule has 2 aromatic rings. The Kier molecular flexibility index (Phi) is 5.52. The van der Waals surface area contributed by atoms with Crippen molar-refractivity contribution in [2.24, 2.45) is 0 Å². The van der Waals surface area contributed by atoms with E-state index in [4.69, 9.17) is 4.74 Å². The molecule has 1 aromatic carbocycles. The number of methoxy groups -OCH3 is 1. The van der Waals surface area contributed by atoms with Crippen molar-refractivity contribution in [1.29, 1.82) is 0 Å². The molecule has 0 bridgehead atoms. The van der Waals surface area contributed by atoms with E-state index < -0.39 is 11.5 Å². The lowest BCUT2D eigenvalue weighted by Crippen LogP contribution is -2.51. The molecule has 0 saturated heterocycles. The van der Waals surface area contributed by atoms with Crippen LogP contribution in [0.25, 0.3) is 11.8 Å². The predicted molar refractivity (Wildman–Crippen MR) is 91.5 cm³/mol. The molecule has 1 atom stereocenters. The molecule has 1 amide bonds. The Bertz CT molecular complexity index is 720. The first-order chi connectivity index (χ1) is 11.5. The van der Waals surface area contributed by atoms with E-state index in [0.717, 1.165) is 11.3 Å². The van der Waals surface area contributed by atoms with Gasteiger partial charge >= 0.3 is 5.97 Å². The molecule has 1 heterocycles. The van der Waals surface area contributed by atoms with Gasteiger partial charge in [0.15, 0.2) is 0 Å². The van der Waals surface area contributed by atoms with Crippen LogP contribution in [-0.4, -0.2) is 34.1 Å². The van der Waals surface area contributed by atoms with Crippen LogP contribution in [0, 0.1) is 0 Å². The van der Waals surface area contributed by atoms with E-state index >= 15 is 0 Å². The molecule has 1 N–H and O–H groups in total. The van der Waals surface area contributed by atoms with E-state index in [1.807, 2.05) is 42.0 Å². The van der Waals surface area contributed by atoms with Gasteiger partial charge in [-0.2, -0.15) is 0 Å². The Balaban J connectivity index is 2.02. The number of carbonyl (C=O) groups is 2. The van der Waals surface area contributed by atoms with Crippen LogP contribution in [-0.2, 0) is 14.3 Å². The van der Waals surface area contributed by atoms with Crippen LogP contribution in [0.5, 0.6) is 0 Å². The van der Waals surface area contributed by atoms with Gasteiger partial charge in [0.25, 0.3) is 0 Å².